The fraction of sp³-hybridized carbons (Fsp3) is 0.556. The molecule has 0 amide bonds. The van der Waals surface area contributed by atoms with Gasteiger partial charge in [-0.3, -0.25) is 0 Å². The van der Waals surface area contributed by atoms with Crippen molar-refractivity contribution in [1.82, 2.24) is 0 Å². The molecule has 6 nitrogen and oxygen atoms in total. The Balaban J connectivity index is 1.81. The van der Waals surface area contributed by atoms with E-state index in [9.17, 15) is 9.50 Å². The highest BCUT2D eigenvalue weighted by Crippen LogP contribution is 2.44. The van der Waals surface area contributed by atoms with Crippen LogP contribution in [0.25, 0.3) is 10.4 Å². The molecule has 0 spiro atoms. The lowest BCUT2D eigenvalue weighted by Gasteiger charge is -2.54. The highest BCUT2D eigenvalue weighted by molar-refractivity contribution is 7.15. The van der Waals surface area contributed by atoms with Crippen molar-refractivity contribution in [2.45, 2.75) is 122 Å². The molecular weight excluding hydrogens is 692 g/mol. The number of rotatable bonds is 13. The first-order valence-electron chi connectivity index (χ1n) is 16.9. The fourth-order valence-corrected chi connectivity index (χ4v) is 10.7. The summed E-state index contributed by atoms with van der Waals surface area (Å²) in [7, 11) is -8.49. The predicted octanol–water partition coefficient (Wildman–Crippen LogP) is 9.51. The van der Waals surface area contributed by atoms with E-state index in [0.29, 0.717) is 18.6 Å². The molecule has 1 N–H and O–H groups in total. The molecule has 1 fully saturated rings. The molecule has 1 aliphatic rings. The van der Waals surface area contributed by atoms with Gasteiger partial charge >= 0.3 is 0 Å². The van der Waals surface area contributed by atoms with Crippen LogP contribution in [0.2, 0.25) is 78.6 Å². The molecule has 2 aromatic carbocycles. The van der Waals surface area contributed by atoms with Crippen LogP contribution in [-0.2, 0) is 34.6 Å². The number of hydrogen-bond acceptors (Lipinski definition) is 7. The molecular formula is C36H57FO6SSi4. The predicted molar refractivity (Wildman–Crippen MR) is 206 cm³/mol. The Morgan fingerprint density at radius 3 is 1.90 bits per heavy atom. The van der Waals surface area contributed by atoms with Gasteiger partial charge in [-0.1, -0.05) is 24.3 Å². The molecule has 3 aromatic rings. The summed E-state index contributed by atoms with van der Waals surface area (Å²) in [5.41, 5.74) is 3.83. The van der Waals surface area contributed by atoms with E-state index in [1.54, 1.807) is 11.3 Å². The molecule has 4 rings (SSSR count). The lowest BCUT2D eigenvalue weighted by atomic mass is 9.86. The lowest BCUT2D eigenvalue weighted by molar-refractivity contribution is -0.348. The molecule has 0 radical (unpaired) electrons. The van der Waals surface area contributed by atoms with E-state index < -0.39 is 63.5 Å². The van der Waals surface area contributed by atoms with E-state index >= 15 is 0 Å². The molecule has 0 bridgehead atoms. The molecule has 2 heterocycles. The average molecular weight is 749 g/mol. The third-order valence-corrected chi connectivity index (χ3v) is 12.9. The second kappa shape index (κ2) is 14.7. The van der Waals surface area contributed by atoms with Crippen LogP contribution in [0.3, 0.4) is 0 Å². The van der Waals surface area contributed by atoms with E-state index in [1.165, 1.54) is 17.0 Å². The van der Waals surface area contributed by atoms with Crippen molar-refractivity contribution in [3.63, 3.8) is 0 Å². The Morgan fingerprint density at radius 2 is 1.33 bits per heavy atom. The zero-order valence-corrected chi connectivity index (χ0v) is 36.0. The Bertz CT molecular complexity index is 1520. The van der Waals surface area contributed by atoms with Gasteiger partial charge in [-0.2, -0.15) is 0 Å². The van der Waals surface area contributed by atoms with E-state index in [4.69, 9.17) is 22.4 Å². The van der Waals surface area contributed by atoms with Gasteiger partial charge in [0, 0.05) is 21.7 Å². The topological polar surface area (TPSA) is 66.4 Å². The largest absolute Gasteiger partial charge is 0.415 e. The van der Waals surface area contributed by atoms with Crippen LogP contribution < -0.4 is 0 Å². The van der Waals surface area contributed by atoms with Gasteiger partial charge in [-0.15, -0.1) is 11.3 Å². The molecule has 0 saturated carbocycles. The summed E-state index contributed by atoms with van der Waals surface area (Å²) < 4.78 is 47.7. The second-order valence-corrected chi connectivity index (χ2v) is 36.0. The smallest absolute Gasteiger partial charge is 0.221 e. The first-order chi connectivity index (χ1) is 21.9. The van der Waals surface area contributed by atoms with Crippen molar-refractivity contribution in [3.05, 3.63) is 82.0 Å². The van der Waals surface area contributed by atoms with Crippen molar-refractivity contribution in [1.29, 1.82) is 0 Å². The van der Waals surface area contributed by atoms with Crippen molar-refractivity contribution < 1.29 is 31.9 Å². The minimum absolute atomic E-state index is 0.243. The van der Waals surface area contributed by atoms with Crippen molar-refractivity contribution in [3.8, 4) is 10.4 Å². The third kappa shape index (κ3) is 10.8. The molecule has 0 aliphatic carbocycles. The van der Waals surface area contributed by atoms with Gasteiger partial charge in [0.25, 0.3) is 0 Å². The van der Waals surface area contributed by atoms with E-state index in [2.05, 4.69) is 110 Å². The highest BCUT2D eigenvalue weighted by Gasteiger charge is 2.59. The van der Waals surface area contributed by atoms with Crippen LogP contribution >= 0.6 is 11.3 Å². The van der Waals surface area contributed by atoms with Crippen LogP contribution in [-0.4, -0.2) is 69.4 Å². The maximum atomic E-state index is 13.5. The number of benzene rings is 2. The summed E-state index contributed by atoms with van der Waals surface area (Å²) in [6, 6.07) is 16.9. The summed E-state index contributed by atoms with van der Waals surface area (Å²) in [6.45, 7) is 28.2. The van der Waals surface area contributed by atoms with Crippen LogP contribution in [0, 0.1) is 12.7 Å². The summed E-state index contributed by atoms with van der Waals surface area (Å²) in [5.74, 6) is -2.05. The Hall–Kier alpha value is -1.30. The van der Waals surface area contributed by atoms with Gasteiger partial charge in [-0.05, 0) is 133 Å². The maximum Gasteiger partial charge on any atom is 0.221 e. The lowest BCUT2D eigenvalue weighted by Crippen LogP contribution is -2.69. The van der Waals surface area contributed by atoms with Gasteiger partial charge in [0.2, 0.25) is 5.79 Å². The summed E-state index contributed by atoms with van der Waals surface area (Å²) in [6.07, 6.45) is -1.74. The number of aryl methyl sites for hydroxylation is 1. The first-order valence-corrected chi connectivity index (χ1v) is 31.4. The van der Waals surface area contributed by atoms with Gasteiger partial charge < -0.3 is 27.5 Å². The Kier molecular flexibility index (Phi) is 12.1. The summed E-state index contributed by atoms with van der Waals surface area (Å²) in [5, 5.41) is 13.0. The molecule has 1 aromatic heterocycles. The van der Waals surface area contributed by atoms with Crippen LogP contribution in [0.4, 0.5) is 4.39 Å². The molecule has 1 aliphatic heterocycles. The van der Waals surface area contributed by atoms with E-state index in [0.717, 1.165) is 21.6 Å². The van der Waals surface area contributed by atoms with Crippen LogP contribution in [0.5, 0.6) is 0 Å². The van der Waals surface area contributed by atoms with E-state index in [-0.39, 0.29) is 5.82 Å². The molecule has 1 unspecified atom stereocenters. The number of hydrogen-bond donors (Lipinski definition) is 1. The van der Waals surface area contributed by atoms with Crippen LogP contribution in [0.15, 0.2) is 54.6 Å². The van der Waals surface area contributed by atoms with Crippen LogP contribution in [0.1, 0.15) is 21.6 Å². The van der Waals surface area contributed by atoms with E-state index in [1.807, 2.05) is 18.2 Å². The first kappa shape index (κ1) is 39.5. The van der Waals surface area contributed by atoms with Crippen molar-refractivity contribution >= 4 is 44.6 Å². The SMILES string of the molecule is Cc1ccc([C@]2(O)OC(CO[Si](C)(C)C)[C@@H](O[Si](C)(C)C)[C@H](O[Si](C)(C)C)[C@H]2O[Si](C)(C)C)cc1Cc1ccc(-c2ccc(F)cc2)s1. The normalized spacial score (nSPS) is 24.2. The second-order valence-electron chi connectivity index (χ2n) is 16.9. The molecule has 1 saturated heterocycles. The highest BCUT2D eigenvalue weighted by atomic mass is 32.1. The third-order valence-electron chi connectivity index (χ3n) is 7.76. The van der Waals surface area contributed by atoms with Gasteiger partial charge in [0.1, 0.15) is 30.2 Å². The number of aliphatic hydroxyl groups is 1. The van der Waals surface area contributed by atoms with Gasteiger partial charge in [0.05, 0.1) is 6.61 Å². The number of halogens is 1. The number of ether oxygens (including phenoxy) is 1. The molecule has 48 heavy (non-hydrogen) atoms. The van der Waals surface area contributed by atoms with Crippen molar-refractivity contribution in [2.75, 3.05) is 6.61 Å². The van der Waals surface area contributed by atoms with Crippen molar-refractivity contribution in [2.24, 2.45) is 0 Å². The zero-order chi connectivity index (χ0) is 35.9. The standard InChI is InChI=1S/C36H57FO6SSi4/c1-25-14-17-28(22-27(25)23-30-20-21-32(44-30)26-15-18-29(37)19-16-26)36(38)35(43-48(11,12)13)34(42-47(8,9)10)33(41-46(5,6)7)31(40-36)24-39-45(2,3)4/h14-22,31,33-35,38H,23-24H2,1-13H3/t31?,33-,34+,35-,36+/m1/s1. The average Bonchev–Trinajstić information content (AvgIpc) is 3.39. The quantitative estimate of drug-likeness (QED) is 0.176. The minimum atomic E-state index is -2.26. The maximum absolute atomic E-state index is 13.5. The molecule has 5 atom stereocenters. The zero-order valence-electron chi connectivity index (χ0n) is 31.2. The Morgan fingerprint density at radius 1 is 0.750 bits per heavy atom. The molecule has 266 valence electrons. The molecule has 12 heteroatoms. The van der Waals surface area contributed by atoms with Gasteiger partial charge in [-0.25, -0.2) is 4.39 Å². The van der Waals surface area contributed by atoms with Gasteiger partial charge in [0.15, 0.2) is 33.3 Å². The summed E-state index contributed by atoms with van der Waals surface area (Å²) >= 11 is 1.69. The summed E-state index contributed by atoms with van der Waals surface area (Å²) in [4.78, 5) is 2.26. The minimum Gasteiger partial charge on any atom is -0.415 e. The monoisotopic (exact) mass is 748 g/mol. The fourth-order valence-electron chi connectivity index (χ4n) is 5.80. The number of thiophene rings is 1. The Labute approximate surface area is 296 Å².